The van der Waals surface area contributed by atoms with E-state index in [9.17, 15) is 0 Å². The van der Waals surface area contributed by atoms with Crippen molar-refractivity contribution in [1.82, 2.24) is 10.2 Å². The molecule has 1 unspecified atom stereocenters. The summed E-state index contributed by atoms with van der Waals surface area (Å²) >= 11 is 0. The molecule has 0 aliphatic heterocycles. The summed E-state index contributed by atoms with van der Waals surface area (Å²) in [7, 11) is 3.90. The van der Waals surface area contributed by atoms with E-state index in [1.165, 1.54) is 6.42 Å². The van der Waals surface area contributed by atoms with Crippen molar-refractivity contribution in [2.24, 2.45) is 0 Å². The molecule has 0 aromatic heterocycles. The summed E-state index contributed by atoms with van der Waals surface area (Å²) in [4.78, 5) is 2.31. The molecule has 0 saturated carbocycles. The van der Waals surface area contributed by atoms with Gasteiger partial charge in [0.2, 0.25) is 0 Å². The highest BCUT2D eigenvalue weighted by Crippen LogP contribution is 1.95. The maximum absolute atomic E-state index is 5.18. The van der Waals surface area contributed by atoms with Crippen molar-refractivity contribution in [1.29, 1.82) is 0 Å². The smallest absolute Gasteiger partial charge is 0.0630 e. The highest BCUT2D eigenvalue weighted by atomic mass is 16.5. The first-order valence-corrected chi connectivity index (χ1v) is 5.16. The first-order chi connectivity index (χ1) is 6.26. The monoisotopic (exact) mass is 188 g/mol. The van der Waals surface area contributed by atoms with Crippen LogP contribution >= 0.6 is 0 Å². The Morgan fingerprint density at radius 3 is 2.54 bits per heavy atom. The Balaban J connectivity index is 3.65. The molecule has 3 heteroatoms. The average Bonchev–Trinajstić information content (AvgIpc) is 2.16. The molecule has 0 fully saturated rings. The van der Waals surface area contributed by atoms with Crippen molar-refractivity contribution in [2.45, 2.75) is 26.3 Å². The molecular formula is C10H24N2O. The molecule has 0 radical (unpaired) electrons. The van der Waals surface area contributed by atoms with Gasteiger partial charge in [0, 0.05) is 19.7 Å². The predicted octanol–water partition coefficient (Wildman–Crippen LogP) is 0.953. The maximum Gasteiger partial charge on any atom is 0.0630 e. The summed E-state index contributed by atoms with van der Waals surface area (Å²) in [5, 5.41) is 3.41. The molecular weight excluding hydrogens is 164 g/mol. The van der Waals surface area contributed by atoms with Crippen molar-refractivity contribution in [3.8, 4) is 0 Å². The molecule has 0 bridgehead atoms. The van der Waals surface area contributed by atoms with E-state index in [0.717, 1.165) is 26.2 Å². The largest absolute Gasteiger partial charge is 0.383 e. The van der Waals surface area contributed by atoms with Gasteiger partial charge in [-0.15, -0.1) is 0 Å². The lowest BCUT2D eigenvalue weighted by Gasteiger charge is -2.26. The third-order valence-electron chi connectivity index (χ3n) is 2.29. The molecule has 0 aliphatic carbocycles. The van der Waals surface area contributed by atoms with E-state index in [0.29, 0.717) is 6.04 Å². The number of likely N-dealkylation sites (N-methyl/N-ethyl adjacent to an activating group) is 1. The minimum atomic E-state index is 0.501. The highest BCUT2D eigenvalue weighted by Gasteiger charge is 2.11. The normalized spacial score (nSPS) is 13.6. The van der Waals surface area contributed by atoms with Crippen molar-refractivity contribution in [2.75, 3.05) is 40.4 Å². The molecule has 0 rings (SSSR count). The molecule has 80 valence electrons. The molecule has 3 nitrogen and oxygen atoms in total. The average molecular weight is 188 g/mol. The van der Waals surface area contributed by atoms with Crippen LogP contribution in [0.25, 0.3) is 0 Å². The lowest BCUT2D eigenvalue weighted by Crippen LogP contribution is -2.43. The number of nitrogens with zero attached hydrogens (tertiary/aromatic N) is 1. The van der Waals surface area contributed by atoms with E-state index in [4.69, 9.17) is 4.74 Å². The number of hydrogen-bond acceptors (Lipinski definition) is 3. The van der Waals surface area contributed by atoms with Crippen molar-refractivity contribution < 1.29 is 4.74 Å². The summed E-state index contributed by atoms with van der Waals surface area (Å²) in [6, 6.07) is 0.501. The van der Waals surface area contributed by atoms with Crippen LogP contribution in [0, 0.1) is 0 Å². The van der Waals surface area contributed by atoms with Gasteiger partial charge in [0.1, 0.15) is 0 Å². The highest BCUT2D eigenvalue weighted by molar-refractivity contribution is 4.69. The summed E-state index contributed by atoms with van der Waals surface area (Å²) in [6.45, 7) is 8.34. The van der Waals surface area contributed by atoms with Crippen molar-refractivity contribution in [3.63, 3.8) is 0 Å². The second-order valence-electron chi connectivity index (χ2n) is 3.39. The lowest BCUT2D eigenvalue weighted by molar-refractivity contribution is 0.108. The minimum absolute atomic E-state index is 0.501. The number of rotatable bonds is 8. The van der Waals surface area contributed by atoms with Gasteiger partial charge in [-0.2, -0.15) is 0 Å². The van der Waals surface area contributed by atoms with Crippen LogP contribution < -0.4 is 5.32 Å². The fourth-order valence-electron chi connectivity index (χ4n) is 1.24. The fraction of sp³-hybridized carbons (Fsp3) is 1.00. The van der Waals surface area contributed by atoms with Crippen LogP contribution in [0.15, 0.2) is 0 Å². The second kappa shape index (κ2) is 8.48. The van der Waals surface area contributed by atoms with Gasteiger partial charge in [-0.25, -0.2) is 0 Å². The van der Waals surface area contributed by atoms with Crippen LogP contribution in [0.5, 0.6) is 0 Å². The van der Waals surface area contributed by atoms with Gasteiger partial charge in [0.25, 0.3) is 0 Å². The van der Waals surface area contributed by atoms with E-state index in [-0.39, 0.29) is 0 Å². The molecule has 1 atom stereocenters. The van der Waals surface area contributed by atoms with Crippen molar-refractivity contribution >= 4 is 0 Å². The molecule has 0 saturated heterocycles. The number of hydrogen-bond donors (Lipinski definition) is 1. The van der Waals surface area contributed by atoms with Crippen LogP contribution in [0.3, 0.4) is 0 Å². The van der Waals surface area contributed by atoms with Gasteiger partial charge in [-0.1, -0.05) is 13.8 Å². The maximum atomic E-state index is 5.18. The SMILES string of the molecule is CCCNCC(COC)N(C)CC. The zero-order valence-corrected chi connectivity index (χ0v) is 9.47. The molecule has 0 spiro atoms. The molecule has 0 aliphatic rings. The molecule has 0 amide bonds. The first-order valence-electron chi connectivity index (χ1n) is 5.16. The fourth-order valence-corrected chi connectivity index (χ4v) is 1.24. The lowest BCUT2D eigenvalue weighted by atomic mass is 10.2. The van der Waals surface area contributed by atoms with Gasteiger partial charge >= 0.3 is 0 Å². The van der Waals surface area contributed by atoms with Crippen LogP contribution in [-0.2, 0) is 4.74 Å². The van der Waals surface area contributed by atoms with E-state index in [2.05, 4.69) is 31.1 Å². The molecule has 1 N–H and O–H groups in total. The van der Waals surface area contributed by atoms with Crippen LogP contribution in [0.2, 0.25) is 0 Å². The quantitative estimate of drug-likeness (QED) is 0.574. The van der Waals surface area contributed by atoms with Gasteiger partial charge < -0.3 is 15.0 Å². The third-order valence-corrected chi connectivity index (χ3v) is 2.29. The summed E-state index contributed by atoms with van der Waals surface area (Å²) in [6.07, 6.45) is 1.19. The third kappa shape index (κ3) is 6.02. The second-order valence-corrected chi connectivity index (χ2v) is 3.39. The molecule has 0 heterocycles. The standard InChI is InChI=1S/C10H24N2O/c1-5-7-11-8-10(9-13-4)12(3)6-2/h10-11H,5-9H2,1-4H3. The number of methoxy groups -OCH3 is 1. The van der Waals surface area contributed by atoms with E-state index >= 15 is 0 Å². The van der Waals surface area contributed by atoms with E-state index < -0.39 is 0 Å². The number of ether oxygens (including phenoxy) is 1. The Bertz CT molecular complexity index is 109. The van der Waals surface area contributed by atoms with Crippen LogP contribution in [-0.4, -0.2) is 51.3 Å². The Morgan fingerprint density at radius 2 is 2.08 bits per heavy atom. The predicted molar refractivity (Wildman–Crippen MR) is 57.1 cm³/mol. The minimum Gasteiger partial charge on any atom is -0.383 e. The van der Waals surface area contributed by atoms with Crippen LogP contribution in [0.4, 0.5) is 0 Å². The first kappa shape index (κ1) is 12.9. The Hall–Kier alpha value is -0.120. The summed E-state index contributed by atoms with van der Waals surface area (Å²) in [5.74, 6) is 0. The van der Waals surface area contributed by atoms with E-state index in [1.54, 1.807) is 7.11 Å². The molecule has 0 aromatic rings. The van der Waals surface area contributed by atoms with Gasteiger partial charge in [0.15, 0.2) is 0 Å². The van der Waals surface area contributed by atoms with Gasteiger partial charge in [0.05, 0.1) is 6.61 Å². The summed E-state index contributed by atoms with van der Waals surface area (Å²) < 4.78 is 5.18. The van der Waals surface area contributed by atoms with Gasteiger partial charge in [-0.3, -0.25) is 0 Å². The molecule has 0 aromatic carbocycles. The zero-order valence-electron chi connectivity index (χ0n) is 9.47. The van der Waals surface area contributed by atoms with E-state index in [1.807, 2.05) is 0 Å². The Labute approximate surface area is 82.4 Å². The molecule has 13 heavy (non-hydrogen) atoms. The Kier molecular flexibility index (Phi) is 8.40. The van der Waals surface area contributed by atoms with Gasteiger partial charge in [-0.05, 0) is 26.6 Å². The van der Waals surface area contributed by atoms with Crippen molar-refractivity contribution in [3.05, 3.63) is 0 Å². The summed E-state index contributed by atoms with van der Waals surface area (Å²) in [5.41, 5.74) is 0. The zero-order chi connectivity index (χ0) is 10.1. The Morgan fingerprint density at radius 1 is 1.38 bits per heavy atom. The topological polar surface area (TPSA) is 24.5 Å². The number of nitrogens with one attached hydrogen (secondary N) is 1. The van der Waals surface area contributed by atoms with Crippen LogP contribution in [0.1, 0.15) is 20.3 Å².